The third kappa shape index (κ3) is 2.82. The molecule has 0 bridgehead atoms. The maximum atomic E-state index is 3.53. The molecule has 0 saturated carbocycles. The van der Waals surface area contributed by atoms with Crippen LogP contribution < -0.4 is 5.32 Å². The zero-order chi connectivity index (χ0) is 11.6. The van der Waals surface area contributed by atoms with Crippen LogP contribution in [0.3, 0.4) is 0 Å². The Bertz CT molecular complexity index is 234. The van der Waals surface area contributed by atoms with Crippen LogP contribution in [0.2, 0.25) is 0 Å². The predicted octanol–water partition coefficient (Wildman–Crippen LogP) is -1.07. The van der Waals surface area contributed by atoms with E-state index in [1.54, 1.807) is 0 Å². The second-order valence-corrected chi connectivity index (χ2v) is 4.59. The average molecular weight is 214 g/mol. The number of nitrogens with zero attached hydrogens (tertiary/aromatic N) is 4. The fourth-order valence-corrected chi connectivity index (χ4v) is 1.89. The topological polar surface area (TPSA) is 24.8 Å². The summed E-state index contributed by atoms with van der Waals surface area (Å²) in [5, 5.41) is 3.53. The van der Waals surface area contributed by atoms with Gasteiger partial charge in [0.15, 0.2) is 6.29 Å². The number of hydrogen-bond donors (Lipinski definition) is 1. The quantitative estimate of drug-likeness (QED) is 0.341. The lowest BCUT2D eigenvalue weighted by Gasteiger charge is -2.25. The Balaban J connectivity index is 2.71. The molecule has 1 fully saturated rings. The zero-order valence-corrected chi connectivity index (χ0v) is 10.8. The van der Waals surface area contributed by atoms with Crippen molar-refractivity contribution in [2.75, 3.05) is 55.4 Å². The predicted molar refractivity (Wildman–Crippen MR) is 63.0 cm³/mol. The largest absolute Gasteiger partial charge is 0.349 e. The van der Waals surface area contributed by atoms with Gasteiger partial charge >= 0.3 is 5.96 Å². The molecule has 0 aromatic carbocycles. The van der Waals surface area contributed by atoms with Crippen molar-refractivity contribution in [3.63, 3.8) is 0 Å². The van der Waals surface area contributed by atoms with Crippen molar-refractivity contribution in [2.45, 2.75) is 6.29 Å². The van der Waals surface area contributed by atoms with E-state index in [2.05, 4.69) is 66.9 Å². The van der Waals surface area contributed by atoms with Gasteiger partial charge in [-0.1, -0.05) is 0 Å². The molecule has 0 aliphatic carbocycles. The fourth-order valence-electron chi connectivity index (χ4n) is 1.89. The molecule has 0 unspecified atom stereocenters. The minimum Gasteiger partial charge on any atom is -0.270 e. The summed E-state index contributed by atoms with van der Waals surface area (Å²) in [6.45, 7) is 2.23. The molecule has 15 heavy (non-hydrogen) atoms. The summed E-state index contributed by atoms with van der Waals surface area (Å²) in [5.74, 6) is 1.13. The Morgan fingerprint density at radius 2 is 1.67 bits per heavy atom. The van der Waals surface area contributed by atoms with Crippen LogP contribution in [0.25, 0.3) is 0 Å². The molecular weight excluding hydrogens is 190 g/mol. The standard InChI is InChI=1S/C10H23N5/c1-12(2)9(13(3)4)11-10-14(5)7-8-15(10)6/h10H,7-8H2,1-6H3/p+1. The van der Waals surface area contributed by atoms with Crippen LogP contribution in [0.5, 0.6) is 0 Å². The Kier molecular flexibility index (Phi) is 3.93. The smallest absolute Gasteiger partial charge is 0.270 e. The molecule has 1 saturated heterocycles. The molecule has 5 nitrogen and oxygen atoms in total. The van der Waals surface area contributed by atoms with Gasteiger partial charge in [-0.05, 0) is 14.1 Å². The number of rotatable bonds is 1. The van der Waals surface area contributed by atoms with Crippen LogP contribution in [0.4, 0.5) is 0 Å². The molecule has 0 atom stereocenters. The van der Waals surface area contributed by atoms with Crippen molar-refractivity contribution < 1.29 is 4.58 Å². The first-order valence-electron chi connectivity index (χ1n) is 5.32. The van der Waals surface area contributed by atoms with E-state index in [1.807, 2.05) is 0 Å². The highest BCUT2D eigenvalue weighted by Gasteiger charge is 2.31. The Hall–Kier alpha value is -0.810. The highest BCUT2D eigenvalue weighted by molar-refractivity contribution is 5.74. The zero-order valence-electron chi connectivity index (χ0n) is 10.8. The second-order valence-electron chi connectivity index (χ2n) is 4.59. The van der Waals surface area contributed by atoms with Gasteiger partial charge in [0.25, 0.3) is 0 Å². The highest BCUT2D eigenvalue weighted by atomic mass is 15.5. The monoisotopic (exact) mass is 214 g/mol. The maximum Gasteiger partial charge on any atom is 0.349 e. The molecule has 1 heterocycles. The molecular formula is C10H24N5+. The number of guanidine groups is 1. The maximum absolute atomic E-state index is 3.53. The van der Waals surface area contributed by atoms with Crippen LogP contribution >= 0.6 is 0 Å². The fraction of sp³-hybridized carbons (Fsp3) is 0.900. The van der Waals surface area contributed by atoms with Crippen LogP contribution in [0.1, 0.15) is 0 Å². The van der Waals surface area contributed by atoms with Gasteiger partial charge in [0, 0.05) is 13.1 Å². The van der Waals surface area contributed by atoms with Crippen LogP contribution in [-0.4, -0.2) is 86.9 Å². The Morgan fingerprint density at radius 1 is 1.20 bits per heavy atom. The van der Waals surface area contributed by atoms with Gasteiger partial charge in [-0.15, -0.1) is 0 Å². The van der Waals surface area contributed by atoms with Gasteiger partial charge in [0.2, 0.25) is 0 Å². The average Bonchev–Trinajstić information content (AvgIpc) is 2.42. The van der Waals surface area contributed by atoms with E-state index in [4.69, 9.17) is 0 Å². The van der Waals surface area contributed by atoms with E-state index in [1.165, 1.54) is 0 Å². The van der Waals surface area contributed by atoms with Crippen molar-refractivity contribution in [2.24, 2.45) is 0 Å². The molecule has 0 radical (unpaired) electrons. The van der Waals surface area contributed by atoms with Crippen LogP contribution in [-0.2, 0) is 0 Å². The van der Waals surface area contributed by atoms with Crippen molar-refractivity contribution in [3.8, 4) is 0 Å². The summed E-state index contributed by atoms with van der Waals surface area (Å²) in [4.78, 5) is 6.72. The first kappa shape index (κ1) is 12.3. The summed E-state index contributed by atoms with van der Waals surface area (Å²) in [6, 6.07) is 0. The SMILES string of the molecule is CN(C)C(NC1N(C)CCN1C)=[N+](C)C. The molecule has 0 aromatic rings. The van der Waals surface area contributed by atoms with Crippen LogP contribution in [0.15, 0.2) is 0 Å². The summed E-state index contributed by atoms with van der Waals surface area (Å²) < 4.78 is 2.10. The summed E-state index contributed by atoms with van der Waals surface area (Å²) in [5.41, 5.74) is 0. The van der Waals surface area contributed by atoms with E-state index in [0.717, 1.165) is 19.0 Å². The van der Waals surface area contributed by atoms with Crippen molar-refractivity contribution in [1.82, 2.24) is 20.0 Å². The summed E-state index contributed by atoms with van der Waals surface area (Å²) >= 11 is 0. The van der Waals surface area contributed by atoms with Gasteiger partial charge in [-0.25, -0.2) is 5.32 Å². The molecule has 0 amide bonds. The lowest BCUT2D eigenvalue weighted by molar-refractivity contribution is -0.472. The first-order chi connectivity index (χ1) is 6.93. The first-order valence-corrected chi connectivity index (χ1v) is 5.32. The lowest BCUT2D eigenvalue weighted by Crippen LogP contribution is -2.55. The molecule has 0 aromatic heterocycles. The van der Waals surface area contributed by atoms with Crippen molar-refractivity contribution >= 4 is 5.96 Å². The van der Waals surface area contributed by atoms with Gasteiger partial charge in [0.05, 0.1) is 28.2 Å². The van der Waals surface area contributed by atoms with E-state index in [9.17, 15) is 0 Å². The van der Waals surface area contributed by atoms with Gasteiger partial charge in [-0.3, -0.25) is 19.3 Å². The van der Waals surface area contributed by atoms with E-state index in [0.29, 0.717) is 6.29 Å². The van der Waals surface area contributed by atoms with E-state index >= 15 is 0 Å². The second kappa shape index (κ2) is 4.81. The molecule has 5 heteroatoms. The number of hydrogen-bond acceptors (Lipinski definition) is 2. The summed E-state index contributed by atoms with van der Waals surface area (Å²) in [7, 11) is 12.5. The molecule has 1 rings (SSSR count). The number of nitrogens with one attached hydrogen (secondary N) is 1. The molecule has 0 spiro atoms. The van der Waals surface area contributed by atoms with Crippen molar-refractivity contribution in [3.05, 3.63) is 0 Å². The third-order valence-corrected chi connectivity index (χ3v) is 2.75. The number of likely N-dealkylation sites (N-methyl/N-ethyl adjacent to an activating group) is 2. The van der Waals surface area contributed by atoms with Crippen molar-refractivity contribution in [1.29, 1.82) is 0 Å². The van der Waals surface area contributed by atoms with Gasteiger partial charge < -0.3 is 0 Å². The Morgan fingerprint density at radius 3 is 2.00 bits per heavy atom. The normalized spacial score (nSPS) is 19.3. The third-order valence-electron chi connectivity index (χ3n) is 2.75. The highest BCUT2D eigenvalue weighted by Crippen LogP contribution is 2.06. The van der Waals surface area contributed by atoms with Gasteiger partial charge in [0.1, 0.15) is 0 Å². The van der Waals surface area contributed by atoms with Gasteiger partial charge in [-0.2, -0.15) is 0 Å². The molecule has 1 aliphatic rings. The molecule has 1 N–H and O–H groups in total. The molecule has 88 valence electrons. The lowest BCUT2D eigenvalue weighted by atomic mass is 10.6. The molecule has 1 aliphatic heterocycles. The minimum atomic E-state index is 0.296. The van der Waals surface area contributed by atoms with E-state index in [-0.39, 0.29) is 0 Å². The minimum absolute atomic E-state index is 0.296. The van der Waals surface area contributed by atoms with Crippen LogP contribution in [0, 0.1) is 0 Å². The van der Waals surface area contributed by atoms with E-state index < -0.39 is 0 Å². The summed E-state index contributed by atoms with van der Waals surface area (Å²) in [6.07, 6.45) is 0.296. The Labute approximate surface area is 93.0 Å².